The second-order valence-corrected chi connectivity index (χ2v) is 14.1. The topological polar surface area (TPSA) is 224 Å². The average molecular weight is 795 g/mol. The first-order valence-electron chi connectivity index (χ1n) is 17.1. The number of benzene rings is 4. The summed E-state index contributed by atoms with van der Waals surface area (Å²) in [4.78, 5) is 135. The fraction of sp³-hybridized carbons (Fsp3) is 0.211. The van der Waals surface area contributed by atoms with E-state index in [-0.39, 0.29) is 103 Å². The van der Waals surface area contributed by atoms with Gasteiger partial charge < -0.3 is 10.2 Å². The lowest BCUT2D eigenvalue weighted by atomic mass is 9.85. The van der Waals surface area contributed by atoms with Crippen molar-refractivity contribution in [2.24, 2.45) is 0 Å². The number of aliphatic carboxylic acids is 2. The molecule has 4 aromatic rings. The van der Waals surface area contributed by atoms with Gasteiger partial charge in [0, 0.05) is 90.6 Å². The molecule has 56 heavy (non-hydrogen) atoms. The van der Waals surface area contributed by atoms with Crippen LogP contribution < -0.4 is 0 Å². The van der Waals surface area contributed by atoms with Gasteiger partial charge in [0.25, 0.3) is 47.3 Å². The number of carbonyl (C=O) groups excluding carboxylic acids is 8. The molecule has 0 unspecified atom stereocenters. The van der Waals surface area contributed by atoms with E-state index in [2.05, 4.69) is 25.3 Å². The Morgan fingerprint density at radius 3 is 0.839 bits per heavy atom. The van der Waals surface area contributed by atoms with Crippen LogP contribution in [0.1, 0.15) is 95.7 Å². The molecule has 0 saturated carbocycles. The smallest absolute Gasteiger partial charge is 0.327 e. The number of thiol groups is 2. The lowest BCUT2D eigenvalue weighted by Crippen LogP contribution is -2.52. The van der Waals surface area contributed by atoms with Crippen LogP contribution in [-0.4, -0.2) is 126 Å². The first kappa shape index (κ1) is 36.6. The minimum atomic E-state index is -1.55. The van der Waals surface area contributed by atoms with E-state index in [4.69, 9.17) is 0 Å². The lowest BCUT2D eigenvalue weighted by molar-refractivity contribution is -0.141. The van der Waals surface area contributed by atoms with Crippen LogP contribution in [0.25, 0.3) is 21.5 Å². The van der Waals surface area contributed by atoms with Gasteiger partial charge in [0.05, 0.1) is 0 Å². The van der Waals surface area contributed by atoms with E-state index in [1.165, 1.54) is 48.5 Å². The molecule has 0 fully saturated rings. The van der Waals surface area contributed by atoms with E-state index in [0.29, 0.717) is 9.80 Å². The number of carboxylic acids is 2. The highest BCUT2D eigenvalue weighted by atomic mass is 32.1. The average Bonchev–Trinajstić information content (AvgIpc) is 3.17. The van der Waals surface area contributed by atoms with Crippen molar-refractivity contribution in [3.8, 4) is 0 Å². The molecule has 0 aliphatic carbocycles. The summed E-state index contributed by atoms with van der Waals surface area (Å²) < 4.78 is 0. The maximum atomic E-state index is 13.7. The van der Waals surface area contributed by atoms with Gasteiger partial charge in [-0.25, -0.2) is 9.59 Å². The summed E-state index contributed by atoms with van der Waals surface area (Å²) in [7, 11) is 0. The molecule has 0 radical (unpaired) electrons. The van der Waals surface area contributed by atoms with E-state index in [1.807, 2.05) is 0 Å². The second kappa shape index (κ2) is 13.1. The Hall–Kier alpha value is -6.40. The summed E-state index contributed by atoms with van der Waals surface area (Å²) in [5.74, 6) is -9.90. The van der Waals surface area contributed by atoms with Crippen LogP contribution in [0.3, 0.4) is 0 Å². The van der Waals surface area contributed by atoms with E-state index >= 15 is 0 Å². The second-order valence-electron chi connectivity index (χ2n) is 13.4. The summed E-state index contributed by atoms with van der Waals surface area (Å²) in [6, 6.07) is 7.54. The zero-order valence-electron chi connectivity index (χ0n) is 28.7. The van der Waals surface area contributed by atoms with Crippen LogP contribution in [0.4, 0.5) is 0 Å². The predicted molar refractivity (Wildman–Crippen MR) is 199 cm³/mol. The number of amides is 8. The first-order valence-corrected chi connectivity index (χ1v) is 18.4. The van der Waals surface area contributed by atoms with Crippen LogP contribution in [0.2, 0.25) is 0 Å². The normalized spacial score (nSPS) is 17.1. The number of imide groups is 4. The van der Waals surface area contributed by atoms with Gasteiger partial charge in [0.2, 0.25) is 0 Å². The molecule has 0 bridgehead atoms. The van der Waals surface area contributed by atoms with Crippen molar-refractivity contribution in [1.82, 2.24) is 19.6 Å². The Labute approximate surface area is 325 Å². The molecule has 8 rings (SSSR count). The van der Waals surface area contributed by atoms with Gasteiger partial charge in [-0.15, -0.1) is 0 Å². The van der Waals surface area contributed by atoms with Gasteiger partial charge in [-0.05, 0) is 61.4 Å². The third-order valence-corrected chi connectivity index (χ3v) is 11.3. The molecule has 8 amide bonds. The fourth-order valence-electron chi connectivity index (χ4n) is 7.94. The van der Waals surface area contributed by atoms with Gasteiger partial charge in [-0.2, -0.15) is 25.3 Å². The number of carbonyl (C=O) groups is 10. The van der Waals surface area contributed by atoms with E-state index < -0.39 is 71.3 Å². The number of hydrogen-bond donors (Lipinski definition) is 4. The van der Waals surface area contributed by atoms with Crippen LogP contribution in [-0.2, 0) is 9.59 Å². The van der Waals surface area contributed by atoms with Crippen LogP contribution >= 0.6 is 25.3 Å². The summed E-state index contributed by atoms with van der Waals surface area (Å²) in [6.45, 7) is -0.231. The molecule has 4 aromatic carbocycles. The Kier molecular flexibility index (Phi) is 8.57. The first-order chi connectivity index (χ1) is 26.7. The standard InChI is InChI=1S/C38H26N4O12S2/c43-29-15-3-7-19-27-20(34(48)41(33(19)47)23(13-55)37(51)52)8-4-16(25(15)27)30(44)39(29)11-1-2-12-40-31(45)17-5-9-21-28-22(10-6-18(26(17)28)32(40)46)36(50)42(35(21)49)24(14-56)38(53)54/h3-10,23-24,55-56H,1-2,11-14H2,(H,51,52)(H,53,54)/t23-,24-/m0/s1. The van der Waals surface area contributed by atoms with Gasteiger partial charge in [-0.1, -0.05) is 0 Å². The zero-order valence-corrected chi connectivity index (χ0v) is 30.5. The largest absolute Gasteiger partial charge is 0.480 e. The molecule has 2 N–H and O–H groups in total. The Balaban J connectivity index is 1.01. The Morgan fingerprint density at radius 2 is 0.643 bits per heavy atom. The lowest BCUT2D eigenvalue weighted by Gasteiger charge is -2.34. The monoisotopic (exact) mass is 794 g/mol. The van der Waals surface area contributed by atoms with Crippen molar-refractivity contribution >= 4 is 106 Å². The molecule has 16 nitrogen and oxygen atoms in total. The molecule has 4 aliphatic rings. The summed E-state index contributed by atoms with van der Waals surface area (Å²) in [6.07, 6.45) is 0.314. The van der Waals surface area contributed by atoms with Crippen molar-refractivity contribution < 1.29 is 58.2 Å². The molecule has 0 saturated heterocycles. The van der Waals surface area contributed by atoms with Gasteiger partial charge >= 0.3 is 11.9 Å². The minimum Gasteiger partial charge on any atom is -0.480 e. The quantitative estimate of drug-likeness (QED) is 0.0978. The van der Waals surface area contributed by atoms with Crippen LogP contribution in [0, 0.1) is 0 Å². The highest BCUT2D eigenvalue weighted by Crippen LogP contribution is 2.40. The zero-order chi connectivity index (χ0) is 40.1. The molecular formula is C38H26N4O12S2. The molecule has 4 aliphatic heterocycles. The molecular weight excluding hydrogens is 769 g/mol. The number of hydrogen-bond acceptors (Lipinski definition) is 12. The third-order valence-electron chi connectivity index (χ3n) is 10.6. The maximum absolute atomic E-state index is 13.7. The fourth-order valence-corrected chi connectivity index (χ4v) is 8.58. The molecule has 4 heterocycles. The summed E-state index contributed by atoms with van der Waals surface area (Å²) in [5.41, 5.74) is 0.0590. The van der Waals surface area contributed by atoms with Gasteiger partial charge in [0.15, 0.2) is 0 Å². The Bertz CT molecular complexity index is 2320. The highest BCUT2D eigenvalue weighted by Gasteiger charge is 2.45. The Morgan fingerprint density at radius 1 is 0.429 bits per heavy atom. The van der Waals surface area contributed by atoms with Crippen molar-refractivity contribution in [3.63, 3.8) is 0 Å². The summed E-state index contributed by atoms with van der Waals surface area (Å²) in [5, 5.41) is 19.6. The molecule has 18 heteroatoms. The number of carboxylic acid groups (broad SMARTS) is 2. The maximum Gasteiger partial charge on any atom is 0.327 e. The predicted octanol–water partition coefficient (Wildman–Crippen LogP) is 2.62. The summed E-state index contributed by atoms with van der Waals surface area (Å²) >= 11 is 8.00. The highest BCUT2D eigenvalue weighted by molar-refractivity contribution is 7.80. The molecule has 2 atom stereocenters. The van der Waals surface area contributed by atoms with Crippen LogP contribution in [0.15, 0.2) is 48.5 Å². The molecule has 0 aromatic heterocycles. The van der Waals surface area contributed by atoms with E-state index in [1.54, 1.807) is 0 Å². The van der Waals surface area contributed by atoms with Crippen molar-refractivity contribution in [2.45, 2.75) is 24.9 Å². The van der Waals surface area contributed by atoms with E-state index in [9.17, 15) is 58.2 Å². The van der Waals surface area contributed by atoms with Crippen molar-refractivity contribution in [1.29, 1.82) is 0 Å². The number of unbranched alkanes of at least 4 members (excludes halogenated alkanes) is 1. The minimum absolute atomic E-state index is 0.0412. The molecule has 282 valence electrons. The molecule has 0 spiro atoms. The third kappa shape index (κ3) is 4.94. The van der Waals surface area contributed by atoms with E-state index in [0.717, 1.165) is 9.80 Å². The van der Waals surface area contributed by atoms with Gasteiger partial charge in [0.1, 0.15) is 12.1 Å². The van der Waals surface area contributed by atoms with Crippen LogP contribution in [0.5, 0.6) is 0 Å². The van der Waals surface area contributed by atoms with Crippen molar-refractivity contribution in [2.75, 3.05) is 24.6 Å². The van der Waals surface area contributed by atoms with Gasteiger partial charge in [-0.3, -0.25) is 58.0 Å². The number of nitrogens with zero attached hydrogens (tertiary/aromatic N) is 4. The number of rotatable bonds is 11. The van der Waals surface area contributed by atoms with Crippen molar-refractivity contribution in [3.05, 3.63) is 93.0 Å². The SMILES string of the molecule is O=C(O)[C@H](CS)N1C(=O)c2ccc3c4c(ccc(c24)C1=O)C(=O)N(CCCCN1C(=O)c2ccc4c5c(ccc(c25)C1=O)C(=O)N([C@@H](CS)C(=O)O)C4=O)C3=O.